The molecule has 3 saturated heterocycles. The number of rotatable bonds is 0. The zero-order valence-corrected chi connectivity index (χ0v) is 24.0. The third kappa shape index (κ3) is 3.30. The van der Waals surface area contributed by atoms with E-state index in [0.29, 0.717) is 42.0 Å². The van der Waals surface area contributed by atoms with Gasteiger partial charge in [0, 0.05) is 25.2 Å². The summed E-state index contributed by atoms with van der Waals surface area (Å²) in [5.41, 5.74) is 3.41. The van der Waals surface area contributed by atoms with E-state index in [1.54, 1.807) is 0 Å². The van der Waals surface area contributed by atoms with Crippen LogP contribution in [0.25, 0.3) is 0 Å². The van der Waals surface area contributed by atoms with Gasteiger partial charge in [-0.25, -0.2) is 0 Å². The third-order valence-corrected chi connectivity index (χ3v) is 13.5. The van der Waals surface area contributed by atoms with Gasteiger partial charge in [-0.05, 0) is 96.5 Å². The van der Waals surface area contributed by atoms with Crippen molar-refractivity contribution in [2.75, 3.05) is 6.61 Å². The first kappa shape index (κ1) is 24.8. The van der Waals surface area contributed by atoms with Gasteiger partial charge in [-0.2, -0.15) is 0 Å². The predicted molar refractivity (Wildman–Crippen MR) is 146 cm³/mol. The smallest absolute Gasteiger partial charge is 0.173 e. The number of hydrogen-bond acceptors (Lipinski definition) is 4. The first-order valence-electron chi connectivity index (χ1n) is 16.0. The lowest BCUT2D eigenvalue weighted by atomic mass is 9.47. The molecule has 6 fully saturated rings. The van der Waals surface area contributed by atoms with Crippen molar-refractivity contribution in [1.82, 2.24) is 0 Å². The molecule has 12 atom stereocenters. The van der Waals surface area contributed by atoms with E-state index in [1.165, 1.54) is 56.1 Å². The van der Waals surface area contributed by atoms with Gasteiger partial charge in [-0.3, -0.25) is 0 Å². The van der Waals surface area contributed by atoms with Crippen LogP contribution in [-0.2, 0) is 32.0 Å². The van der Waals surface area contributed by atoms with Crippen LogP contribution in [0.3, 0.4) is 0 Å². The minimum atomic E-state index is -0.409. The molecule has 3 aliphatic carbocycles. The van der Waals surface area contributed by atoms with Crippen LogP contribution in [0.4, 0.5) is 0 Å². The molecule has 0 bridgehead atoms. The summed E-state index contributed by atoms with van der Waals surface area (Å²) in [6.07, 6.45) is 12.7. The summed E-state index contributed by atoms with van der Waals surface area (Å²) in [4.78, 5) is 0. The maximum absolute atomic E-state index is 7.08. The summed E-state index contributed by atoms with van der Waals surface area (Å²) in [5, 5.41) is 0. The van der Waals surface area contributed by atoms with Crippen molar-refractivity contribution in [2.24, 2.45) is 46.3 Å². The maximum atomic E-state index is 7.08. The fraction of sp³-hybridized carbons (Fsp3) is 0.824. The Kier molecular flexibility index (Phi) is 5.42. The topological polar surface area (TPSA) is 36.9 Å². The van der Waals surface area contributed by atoms with Crippen molar-refractivity contribution in [2.45, 2.75) is 122 Å². The SMILES string of the molecule is C[C@@H]1CC[C@@]2(OC1)O[C@H]1C[C@H]3[C@@H]4CC[C@H]5O[C@]6(CC[C@]5(C)[C@H]4CC[C@]3(C)[C@H]1[C@@H]2C)Cc1ccccc1CO6. The molecule has 4 heteroatoms. The second-order valence-electron chi connectivity index (χ2n) is 15.2. The van der Waals surface area contributed by atoms with Gasteiger partial charge in [0.2, 0.25) is 0 Å². The average molecular weight is 521 g/mol. The first-order valence-corrected chi connectivity index (χ1v) is 16.0. The molecule has 4 nitrogen and oxygen atoms in total. The monoisotopic (exact) mass is 520 g/mol. The summed E-state index contributed by atoms with van der Waals surface area (Å²) < 4.78 is 27.1. The summed E-state index contributed by atoms with van der Waals surface area (Å²) in [5.74, 6) is 3.46. The van der Waals surface area contributed by atoms with Crippen LogP contribution in [0.1, 0.15) is 96.6 Å². The van der Waals surface area contributed by atoms with E-state index in [-0.39, 0.29) is 11.2 Å². The van der Waals surface area contributed by atoms with E-state index < -0.39 is 5.79 Å². The van der Waals surface area contributed by atoms with Gasteiger partial charge >= 0.3 is 0 Å². The largest absolute Gasteiger partial charge is 0.349 e. The van der Waals surface area contributed by atoms with Crippen LogP contribution < -0.4 is 0 Å². The molecule has 38 heavy (non-hydrogen) atoms. The van der Waals surface area contributed by atoms with E-state index in [0.717, 1.165) is 43.6 Å². The Balaban J connectivity index is 1.02. The highest BCUT2D eigenvalue weighted by molar-refractivity contribution is 5.30. The Morgan fingerprint density at radius 1 is 0.789 bits per heavy atom. The maximum Gasteiger partial charge on any atom is 0.173 e. The second kappa shape index (κ2) is 8.30. The van der Waals surface area contributed by atoms with E-state index in [1.807, 2.05) is 0 Å². The number of benzene rings is 1. The van der Waals surface area contributed by atoms with Crippen LogP contribution in [-0.4, -0.2) is 30.4 Å². The van der Waals surface area contributed by atoms with Crippen LogP contribution in [0.5, 0.6) is 0 Å². The van der Waals surface area contributed by atoms with Gasteiger partial charge in [-0.1, -0.05) is 52.0 Å². The molecule has 7 aliphatic rings. The van der Waals surface area contributed by atoms with Crippen molar-refractivity contribution in [3.8, 4) is 0 Å². The highest BCUT2D eigenvalue weighted by Gasteiger charge is 2.69. The van der Waals surface area contributed by atoms with Gasteiger partial charge in [-0.15, -0.1) is 0 Å². The summed E-state index contributed by atoms with van der Waals surface area (Å²) in [6, 6.07) is 8.78. The Labute approximate surface area is 229 Å². The summed E-state index contributed by atoms with van der Waals surface area (Å²) in [7, 11) is 0. The molecule has 2 spiro atoms. The molecule has 0 amide bonds. The quantitative estimate of drug-likeness (QED) is 0.360. The Morgan fingerprint density at radius 2 is 1.63 bits per heavy atom. The molecular formula is C34H48O4. The zero-order chi connectivity index (χ0) is 25.9. The van der Waals surface area contributed by atoms with Crippen LogP contribution >= 0.6 is 0 Å². The Hall–Kier alpha value is -0.940. The molecule has 0 N–H and O–H groups in total. The fourth-order valence-corrected chi connectivity index (χ4v) is 11.4. The number of ether oxygens (including phenoxy) is 4. The Morgan fingerprint density at radius 3 is 2.45 bits per heavy atom. The van der Waals surface area contributed by atoms with E-state index in [9.17, 15) is 0 Å². The van der Waals surface area contributed by atoms with Gasteiger partial charge in [0.25, 0.3) is 0 Å². The molecule has 3 saturated carbocycles. The number of fused-ring (bicyclic) bond motifs is 8. The van der Waals surface area contributed by atoms with Gasteiger partial charge in [0.05, 0.1) is 25.4 Å². The normalized spacial score (nSPS) is 55.2. The molecule has 0 radical (unpaired) electrons. The van der Waals surface area contributed by atoms with E-state index in [2.05, 4.69) is 52.0 Å². The lowest BCUT2D eigenvalue weighted by Gasteiger charge is -2.62. The minimum Gasteiger partial charge on any atom is -0.349 e. The van der Waals surface area contributed by atoms with E-state index >= 15 is 0 Å². The summed E-state index contributed by atoms with van der Waals surface area (Å²) >= 11 is 0. The first-order chi connectivity index (χ1) is 18.3. The van der Waals surface area contributed by atoms with Crippen molar-refractivity contribution in [3.05, 3.63) is 35.4 Å². The van der Waals surface area contributed by atoms with Crippen LogP contribution in [0.2, 0.25) is 0 Å². The van der Waals surface area contributed by atoms with E-state index in [4.69, 9.17) is 18.9 Å². The molecule has 8 rings (SSSR count). The van der Waals surface area contributed by atoms with Crippen LogP contribution in [0.15, 0.2) is 24.3 Å². The minimum absolute atomic E-state index is 0.268. The zero-order valence-electron chi connectivity index (χ0n) is 24.0. The third-order valence-electron chi connectivity index (χ3n) is 13.5. The molecule has 4 heterocycles. The molecular weight excluding hydrogens is 472 g/mol. The molecule has 208 valence electrons. The predicted octanol–water partition coefficient (Wildman–Crippen LogP) is 7.28. The molecule has 4 aliphatic heterocycles. The van der Waals surface area contributed by atoms with Gasteiger partial charge < -0.3 is 18.9 Å². The lowest BCUT2D eigenvalue weighted by Crippen LogP contribution is -2.61. The van der Waals surface area contributed by atoms with Crippen LogP contribution in [0, 0.1) is 46.3 Å². The number of hydrogen-bond donors (Lipinski definition) is 0. The van der Waals surface area contributed by atoms with Gasteiger partial charge in [0.1, 0.15) is 0 Å². The molecule has 1 aromatic carbocycles. The highest BCUT2D eigenvalue weighted by atomic mass is 16.7. The van der Waals surface area contributed by atoms with Gasteiger partial charge in [0.15, 0.2) is 11.6 Å². The highest BCUT2D eigenvalue weighted by Crippen LogP contribution is 2.71. The fourth-order valence-electron chi connectivity index (χ4n) is 11.4. The molecule has 0 aromatic heterocycles. The van der Waals surface area contributed by atoms with Crippen molar-refractivity contribution >= 4 is 0 Å². The van der Waals surface area contributed by atoms with Crippen molar-refractivity contribution < 1.29 is 18.9 Å². The lowest BCUT2D eigenvalue weighted by molar-refractivity contribution is -0.333. The molecule has 0 unspecified atom stereocenters. The Bertz CT molecular complexity index is 1090. The average Bonchev–Trinajstić information content (AvgIpc) is 3.36. The molecule has 1 aromatic rings. The van der Waals surface area contributed by atoms with Crippen molar-refractivity contribution in [3.63, 3.8) is 0 Å². The second-order valence-corrected chi connectivity index (χ2v) is 15.2. The summed E-state index contributed by atoms with van der Waals surface area (Å²) in [6.45, 7) is 11.6. The standard InChI is InChI=1S/C34H48O4/c1-21-11-14-34(36-19-21)22(2)30-28(37-34)17-27-25-9-10-29-31(3,26(25)12-13-32(27,30)4)15-16-33(38-29)18-23-7-5-6-8-24(23)20-35-33/h5-8,21-22,25-30H,9-20H2,1-4H3/t21-,22+,25-,26+,27+,28+,29-,30+,31-,32+,33-,34-/m1/s1. The van der Waals surface area contributed by atoms with Crippen molar-refractivity contribution in [1.29, 1.82) is 0 Å².